The van der Waals surface area contributed by atoms with Crippen molar-refractivity contribution in [1.82, 2.24) is 4.90 Å². The SMILES string of the molecule is CC(CC1CN2CCC1CC2)C1(C)C=C(c2ccc(F)cc2)C=CC1. The van der Waals surface area contributed by atoms with Crippen LogP contribution in [0.2, 0.25) is 0 Å². The van der Waals surface area contributed by atoms with Crippen LogP contribution in [0.4, 0.5) is 4.39 Å². The molecule has 2 heteroatoms. The molecule has 0 N–H and O–H groups in total. The van der Waals surface area contributed by atoms with E-state index in [1.54, 1.807) is 12.1 Å². The molecule has 3 saturated heterocycles. The number of piperidine rings is 3. The van der Waals surface area contributed by atoms with Crippen LogP contribution in [0.5, 0.6) is 0 Å². The van der Waals surface area contributed by atoms with E-state index in [1.165, 1.54) is 44.5 Å². The molecule has 0 saturated carbocycles. The molecule has 5 rings (SSSR count). The minimum Gasteiger partial charge on any atom is -0.303 e. The maximum Gasteiger partial charge on any atom is 0.123 e. The summed E-state index contributed by atoms with van der Waals surface area (Å²) in [7, 11) is 0. The van der Waals surface area contributed by atoms with Crippen molar-refractivity contribution in [2.45, 2.75) is 39.5 Å². The van der Waals surface area contributed by atoms with E-state index in [0.717, 1.165) is 23.8 Å². The van der Waals surface area contributed by atoms with Gasteiger partial charge >= 0.3 is 0 Å². The Hall–Kier alpha value is -1.41. The topological polar surface area (TPSA) is 3.24 Å². The largest absolute Gasteiger partial charge is 0.303 e. The van der Waals surface area contributed by atoms with Gasteiger partial charge in [0, 0.05) is 6.54 Å². The molecule has 3 fully saturated rings. The van der Waals surface area contributed by atoms with E-state index in [4.69, 9.17) is 0 Å². The summed E-state index contributed by atoms with van der Waals surface area (Å²) in [5, 5.41) is 0. The van der Waals surface area contributed by atoms with Crippen molar-refractivity contribution >= 4 is 5.57 Å². The van der Waals surface area contributed by atoms with Crippen LogP contribution in [-0.4, -0.2) is 24.5 Å². The Bertz CT molecular complexity index is 666. The maximum absolute atomic E-state index is 13.2. The van der Waals surface area contributed by atoms with Crippen molar-refractivity contribution in [3.63, 3.8) is 0 Å². The van der Waals surface area contributed by atoms with Gasteiger partial charge in [-0.2, -0.15) is 0 Å². The predicted octanol–water partition coefficient (Wildman–Crippen LogP) is 5.54. The number of allylic oxidation sites excluding steroid dienone is 4. The van der Waals surface area contributed by atoms with E-state index in [2.05, 4.69) is 37.0 Å². The highest BCUT2D eigenvalue weighted by molar-refractivity contribution is 5.75. The van der Waals surface area contributed by atoms with Gasteiger partial charge in [0.15, 0.2) is 0 Å². The van der Waals surface area contributed by atoms with E-state index in [9.17, 15) is 4.39 Å². The number of rotatable bonds is 4. The molecule has 3 atom stereocenters. The Morgan fingerprint density at radius 1 is 1.20 bits per heavy atom. The Morgan fingerprint density at radius 3 is 2.56 bits per heavy atom. The summed E-state index contributed by atoms with van der Waals surface area (Å²) in [4.78, 5) is 2.67. The van der Waals surface area contributed by atoms with Gasteiger partial charge in [0.25, 0.3) is 0 Å². The molecule has 1 aromatic carbocycles. The Morgan fingerprint density at radius 2 is 1.92 bits per heavy atom. The zero-order valence-corrected chi connectivity index (χ0v) is 15.5. The number of halogens is 1. The third-order valence-electron chi connectivity index (χ3n) is 7.09. The Balaban J connectivity index is 1.50. The molecule has 4 aliphatic rings. The van der Waals surface area contributed by atoms with Crippen LogP contribution >= 0.6 is 0 Å². The first kappa shape index (κ1) is 17.0. The molecule has 1 aromatic rings. The fourth-order valence-corrected chi connectivity index (χ4v) is 5.15. The average molecular weight is 339 g/mol. The monoisotopic (exact) mass is 339 g/mol. The number of nitrogens with zero attached hydrogens (tertiary/aromatic N) is 1. The molecule has 3 heterocycles. The average Bonchev–Trinajstić information content (AvgIpc) is 2.63. The number of hydrogen-bond donors (Lipinski definition) is 0. The third kappa shape index (κ3) is 3.46. The van der Waals surface area contributed by atoms with Gasteiger partial charge in [-0.3, -0.25) is 0 Å². The maximum atomic E-state index is 13.2. The van der Waals surface area contributed by atoms with E-state index in [-0.39, 0.29) is 11.2 Å². The van der Waals surface area contributed by atoms with Crippen molar-refractivity contribution in [2.24, 2.45) is 23.2 Å². The first-order valence-electron chi connectivity index (χ1n) is 9.91. The Kier molecular flexibility index (Phi) is 4.58. The zero-order valence-electron chi connectivity index (χ0n) is 15.5. The normalized spacial score (nSPS) is 35.5. The molecule has 0 amide bonds. The third-order valence-corrected chi connectivity index (χ3v) is 7.09. The molecule has 134 valence electrons. The minimum absolute atomic E-state index is 0.164. The summed E-state index contributed by atoms with van der Waals surface area (Å²) in [5.74, 6) is 2.33. The quantitative estimate of drug-likeness (QED) is 0.696. The van der Waals surface area contributed by atoms with Crippen LogP contribution in [0.25, 0.3) is 5.57 Å². The van der Waals surface area contributed by atoms with Crippen LogP contribution < -0.4 is 0 Å². The van der Waals surface area contributed by atoms with E-state index < -0.39 is 0 Å². The summed E-state index contributed by atoms with van der Waals surface area (Å²) >= 11 is 0. The summed E-state index contributed by atoms with van der Waals surface area (Å²) in [5.41, 5.74) is 2.57. The summed E-state index contributed by atoms with van der Waals surface area (Å²) in [6, 6.07) is 6.92. The fourth-order valence-electron chi connectivity index (χ4n) is 5.15. The molecule has 3 aliphatic heterocycles. The van der Waals surface area contributed by atoms with Gasteiger partial charge in [0.2, 0.25) is 0 Å². The predicted molar refractivity (Wildman–Crippen MR) is 103 cm³/mol. The molecule has 3 unspecified atom stereocenters. The van der Waals surface area contributed by atoms with Crippen molar-refractivity contribution in [3.05, 3.63) is 53.9 Å². The molecule has 25 heavy (non-hydrogen) atoms. The van der Waals surface area contributed by atoms with Gasteiger partial charge < -0.3 is 4.90 Å². The highest BCUT2D eigenvalue weighted by Crippen LogP contribution is 2.45. The second kappa shape index (κ2) is 6.72. The van der Waals surface area contributed by atoms with E-state index >= 15 is 0 Å². The van der Waals surface area contributed by atoms with Gasteiger partial charge in [-0.15, -0.1) is 0 Å². The molecule has 0 aromatic heterocycles. The lowest BCUT2D eigenvalue weighted by Crippen LogP contribution is -2.48. The first-order valence-corrected chi connectivity index (χ1v) is 9.91. The minimum atomic E-state index is -0.164. The molecule has 2 bridgehead atoms. The molecule has 1 nitrogen and oxygen atoms in total. The molecule has 1 aliphatic carbocycles. The second-order valence-electron chi connectivity index (χ2n) is 8.75. The van der Waals surface area contributed by atoms with Gasteiger partial charge in [-0.25, -0.2) is 4.39 Å². The van der Waals surface area contributed by atoms with Crippen LogP contribution in [0.15, 0.2) is 42.5 Å². The number of hydrogen-bond acceptors (Lipinski definition) is 1. The smallest absolute Gasteiger partial charge is 0.123 e. The van der Waals surface area contributed by atoms with Crippen LogP contribution in [0.3, 0.4) is 0 Å². The standard InChI is InChI=1S/C23H30FN/c1-17(14-21-16-25-12-9-19(21)10-13-25)23(2)11-3-4-20(15-23)18-5-7-22(24)8-6-18/h3-8,15,17,19,21H,9-14,16H2,1-2H3. The highest BCUT2D eigenvalue weighted by Gasteiger charge is 2.38. The lowest BCUT2D eigenvalue weighted by Gasteiger charge is -2.47. The second-order valence-corrected chi connectivity index (χ2v) is 8.75. The number of fused-ring (bicyclic) bond motifs is 3. The fraction of sp³-hybridized carbons (Fsp3) is 0.565. The Labute approximate surface area is 151 Å². The van der Waals surface area contributed by atoms with Crippen molar-refractivity contribution < 1.29 is 4.39 Å². The van der Waals surface area contributed by atoms with Crippen LogP contribution in [-0.2, 0) is 0 Å². The molecular weight excluding hydrogens is 309 g/mol. The summed E-state index contributed by atoms with van der Waals surface area (Å²) in [6.45, 7) is 8.81. The molecule has 0 spiro atoms. The number of benzene rings is 1. The van der Waals surface area contributed by atoms with E-state index in [1.807, 2.05) is 12.1 Å². The van der Waals surface area contributed by atoms with Gasteiger partial charge in [0.1, 0.15) is 5.82 Å². The summed E-state index contributed by atoms with van der Waals surface area (Å²) < 4.78 is 13.2. The molecular formula is C23H30FN. The van der Waals surface area contributed by atoms with Crippen LogP contribution in [0, 0.1) is 29.0 Å². The van der Waals surface area contributed by atoms with Crippen molar-refractivity contribution in [2.75, 3.05) is 19.6 Å². The van der Waals surface area contributed by atoms with Gasteiger partial charge in [-0.1, -0.05) is 44.2 Å². The van der Waals surface area contributed by atoms with Gasteiger partial charge in [0.05, 0.1) is 0 Å². The van der Waals surface area contributed by atoms with Crippen molar-refractivity contribution in [1.29, 1.82) is 0 Å². The van der Waals surface area contributed by atoms with Crippen molar-refractivity contribution in [3.8, 4) is 0 Å². The first-order chi connectivity index (χ1) is 12.0. The zero-order chi connectivity index (χ0) is 17.4. The highest BCUT2D eigenvalue weighted by atomic mass is 19.1. The molecule has 0 radical (unpaired) electrons. The summed E-state index contributed by atoms with van der Waals surface area (Å²) in [6.07, 6.45) is 12.2. The lowest BCUT2D eigenvalue weighted by atomic mass is 9.66. The van der Waals surface area contributed by atoms with Gasteiger partial charge in [-0.05, 0) is 85.2 Å². The van der Waals surface area contributed by atoms with E-state index in [0.29, 0.717) is 5.92 Å². The van der Waals surface area contributed by atoms with Crippen LogP contribution in [0.1, 0.15) is 45.1 Å². The lowest BCUT2D eigenvalue weighted by molar-refractivity contribution is 0.0300.